The fourth-order valence-electron chi connectivity index (χ4n) is 3.00. The molecule has 3 aromatic carbocycles. The fourth-order valence-corrected chi connectivity index (χ4v) is 3.00. The van der Waals surface area contributed by atoms with Gasteiger partial charge in [-0.2, -0.15) is 0 Å². The molecule has 21 heavy (non-hydrogen) atoms. The van der Waals surface area contributed by atoms with Crippen LogP contribution >= 0.6 is 0 Å². The molecule has 1 aliphatic heterocycles. The van der Waals surface area contributed by atoms with E-state index in [-0.39, 0.29) is 17.4 Å². The van der Waals surface area contributed by atoms with Gasteiger partial charge in [0, 0.05) is 16.2 Å². The first kappa shape index (κ1) is 11.8. The molecule has 0 spiro atoms. The molecular formula is C16H11NO4. The molecule has 5 nitrogen and oxygen atoms in total. The summed E-state index contributed by atoms with van der Waals surface area (Å²) in [5.74, 6) is 0.0306. The molecule has 5 heteroatoms. The van der Waals surface area contributed by atoms with Gasteiger partial charge in [-0.25, -0.2) is 0 Å². The predicted molar refractivity (Wildman–Crippen MR) is 79.3 cm³/mol. The second-order valence-corrected chi connectivity index (χ2v) is 4.98. The van der Waals surface area contributed by atoms with Crippen LogP contribution in [0.2, 0.25) is 0 Å². The molecule has 0 radical (unpaired) electrons. The van der Waals surface area contributed by atoms with Gasteiger partial charge in [0.1, 0.15) is 5.75 Å². The van der Waals surface area contributed by atoms with Crippen molar-refractivity contribution in [2.24, 2.45) is 0 Å². The molecule has 3 aromatic rings. The summed E-state index contributed by atoms with van der Waals surface area (Å²) < 4.78 is 5.31. The summed E-state index contributed by atoms with van der Waals surface area (Å²) in [6.45, 7) is 0. The van der Waals surface area contributed by atoms with E-state index in [1.165, 1.54) is 13.2 Å². The van der Waals surface area contributed by atoms with Crippen molar-refractivity contribution >= 4 is 33.1 Å². The zero-order valence-electron chi connectivity index (χ0n) is 11.1. The molecule has 0 fully saturated rings. The number of methoxy groups -OCH3 is 1. The lowest BCUT2D eigenvalue weighted by Crippen LogP contribution is -2.03. The number of phenolic OH excluding ortho intramolecular Hbond substituents is 2. The minimum Gasteiger partial charge on any atom is -0.507 e. The van der Waals surface area contributed by atoms with Crippen molar-refractivity contribution in [2.45, 2.75) is 0 Å². The minimum absolute atomic E-state index is 0.0983. The van der Waals surface area contributed by atoms with Gasteiger partial charge in [-0.15, -0.1) is 0 Å². The molecule has 4 rings (SSSR count). The Labute approximate surface area is 119 Å². The number of hydrogen-bond acceptors (Lipinski definition) is 4. The summed E-state index contributed by atoms with van der Waals surface area (Å²) >= 11 is 0. The summed E-state index contributed by atoms with van der Waals surface area (Å²) in [7, 11) is 1.46. The third-order valence-electron chi connectivity index (χ3n) is 3.87. The maximum absolute atomic E-state index is 12.0. The van der Waals surface area contributed by atoms with Crippen LogP contribution in [0.15, 0.2) is 30.3 Å². The van der Waals surface area contributed by atoms with E-state index >= 15 is 0 Å². The lowest BCUT2D eigenvalue weighted by Gasteiger charge is -2.12. The summed E-state index contributed by atoms with van der Waals surface area (Å²) in [6.07, 6.45) is 0. The normalized spacial score (nSPS) is 12.9. The monoisotopic (exact) mass is 281 g/mol. The third-order valence-corrected chi connectivity index (χ3v) is 3.87. The Morgan fingerprint density at radius 1 is 1.05 bits per heavy atom. The maximum Gasteiger partial charge on any atom is 0.256 e. The van der Waals surface area contributed by atoms with Crippen molar-refractivity contribution in [1.29, 1.82) is 0 Å². The second-order valence-electron chi connectivity index (χ2n) is 4.98. The molecule has 0 atom stereocenters. The highest BCUT2D eigenvalue weighted by Gasteiger charge is 2.27. The van der Waals surface area contributed by atoms with Gasteiger partial charge in [-0.3, -0.25) is 4.79 Å². The smallest absolute Gasteiger partial charge is 0.256 e. The van der Waals surface area contributed by atoms with E-state index in [2.05, 4.69) is 5.32 Å². The number of anilines is 1. The molecule has 0 aliphatic carbocycles. The van der Waals surface area contributed by atoms with E-state index in [4.69, 9.17) is 4.74 Å². The van der Waals surface area contributed by atoms with Crippen LogP contribution in [-0.2, 0) is 0 Å². The van der Waals surface area contributed by atoms with Gasteiger partial charge in [0.25, 0.3) is 5.91 Å². The van der Waals surface area contributed by atoms with E-state index in [1.54, 1.807) is 18.2 Å². The van der Waals surface area contributed by atoms with Crippen LogP contribution < -0.4 is 10.1 Å². The van der Waals surface area contributed by atoms with Crippen LogP contribution in [0.25, 0.3) is 21.5 Å². The highest BCUT2D eigenvalue weighted by Crippen LogP contribution is 2.48. The van der Waals surface area contributed by atoms with E-state index < -0.39 is 0 Å². The summed E-state index contributed by atoms with van der Waals surface area (Å²) in [6, 6.07) is 8.25. The lowest BCUT2D eigenvalue weighted by atomic mass is 9.97. The van der Waals surface area contributed by atoms with Crippen LogP contribution in [0, 0.1) is 0 Å². The van der Waals surface area contributed by atoms with Gasteiger partial charge in [0.2, 0.25) is 0 Å². The van der Waals surface area contributed by atoms with Crippen molar-refractivity contribution in [3.8, 4) is 17.2 Å². The zero-order chi connectivity index (χ0) is 14.7. The number of amides is 1. The van der Waals surface area contributed by atoms with E-state index in [0.29, 0.717) is 33.2 Å². The number of fused-ring (bicyclic) bond motifs is 2. The lowest BCUT2D eigenvalue weighted by molar-refractivity contribution is 0.103. The minimum atomic E-state index is -0.275. The largest absolute Gasteiger partial charge is 0.507 e. The molecule has 0 saturated carbocycles. The average Bonchev–Trinajstić information content (AvgIpc) is 2.77. The van der Waals surface area contributed by atoms with Gasteiger partial charge in [-0.05, 0) is 23.6 Å². The Kier molecular flexibility index (Phi) is 2.14. The molecule has 104 valence electrons. The number of aromatic hydroxyl groups is 2. The van der Waals surface area contributed by atoms with Crippen molar-refractivity contribution < 1.29 is 19.7 Å². The number of nitrogens with one attached hydrogen (secondary N) is 1. The molecule has 0 unspecified atom stereocenters. The number of benzene rings is 3. The SMILES string of the molecule is COc1c(O)cc2c3c(cc4c(O)cccc4c13)NC2=O. The Hall–Kier alpha value is -2.95. The van der Waals surface area contributed by atoms with Gasteiger partial charge < -0.3 is 20.3 Å². The van der Waals surface area contributed by atoms with Crippen LogP contribution in [0.3, 0.4) is 0 Å². The molecule has 0 bridgehead atoms. The highest BCUT2D eigenvalue weighted by atomic mass is 16.5. The Morgan fingerprint density at radius 2 is 1.86 bits per heavy atom. The first-order valence-corrected chi connectivity index (χ1v) is 6.41. The Bertz CT molecular complexity index is 946. The van der Waals surface area contributed by atoms with Crippen molar-refractivity contribution in [2.75, 3.05) is 12.4 Å². The number of ether oxygens (including phenoxy) is 1. The highest BCUT2D eigenvalue weighted by molar-refractivity contribution is 6.31. The van der Waals surface area contributed by atoms with Crippen molar-refractivity contribution in [3.63, 3.8) is 0 Å². The molecule has 1 aliphatic rings. The number of phenols is 2. The standard InChI is InChI=1S/C16H11NO4/c1-21-15-12(19)6-9-13-10(17-16(9)20)5-8-7(14(13)15)3-2-4-11(8)18/h2-6,18-19H,1H3,(H,17,20). The van der Waals surface area contributed by atoms with Crippen LogP contribution in [-0.4, -0.2) is 23.2 Å². The van der Waals surface area contributed by atoms with Crippen molar-refractivity contribution in [3.05, 3.63) is 35.9 Å². The van der Waals surface area contributed by atoms with Crippen molar-refractivity contribution in [1.82, 2.24) is 0 Å². The summed E-state index contributed by atoms with van der Waals surface area (Å²) in [5, 5.41) is 25.6. The van der Waals surface area contributed by atoms with Crippen LogP contribution in [0.5, 0.6) is 17.2 Å². The van der Waals surface area contributed by atoms with E-state index in [1.807, 2.05) is 6.07 Å². The van der Waals surface area contributed by atoms with E-state index in [0.717, 1.165) is 5.39 Å². The topological polar surface area (TPSA) is 78.8 Å². The van der Waals surface area contributed by atoms with E-state index in [9.17, 15) is 15.0 Å². The Morgan fingerprint density at radius 3 is 2.62 bits per heavy atom. The molecule has 1 heterocycles. The van der Waals surface area contributed by atoms with Gasteiger partial charge in [0.15, 0.2) is 11.5 Å². The summed E-state index contributed by atoms with van der Waals surface area (Å²) in [4.78, 5) is 12.0. The quantitative estimate of drug-likeness (QED) is 0.599. The number of carbonyl (C=O) groups excluding carboxylic acids is 1. The molecular weight excluding hydrogens is 270 g/mol. The van der Waals surface area contributed by atoms with Gasteiger partial charge in [0.05, 0.1) is 18.4 Å². The van der Waals surface area contributed by atoms with Crippen LogP contribution in [0.4, 0.5) is 5.69 Å². The molecule has 3 N–H and O–H groups in total. The van der Waals surface area contributed by atoms with Gasteiger partial charge in [-0.1, -0.05) is 12.1 Å². The molecule has 1 amide bonds. The average molecular weight is 281 g/mol. The summed E-state index contributed by atoms with van der Waals surface area (Å²) in [5.41, 5.74) is 1.01. The number of hydrogen-bond donors (Lipinski definition) is 3. The first-order chi connectivity index (χ1) is 10.1. The number of carbonyl (C=O) groups is 1. The second kappa shape index (κ2) is 3.79. The molecule has 0 saturated heterocycles. The zero-order valence-corrected chi connectivity index (χ0v) is 11.1. The fraction of sp³-hybridized carbons (Fsp3) is 0.0625. The predicted octanol–water partition coefficient (Wildman–Crippen LogP) is 2.98. The third kappa shape index (κ3) is 1.37. The first-order valence-electron chi connectivity index (χ1n) is 6.41. The molecule has 0 aromatic heterocycles. The Balaban J connectivity index is 2.36. The van der Waals surface area contributed by atoms with Gasteiger partial charge >= 0.3 is 0 Å². The van der Waals surface area contributed by atoms with Crippen LogP contribution in [0.1, 0.15) is 10.4 Å². The maximum atomic E-state index is 12.0. The number of rotatable bonds is 1.